The lowest BCUT2D eigenvalue weighted by atomic mass is 10.1. The van der Waals surface area contributed by atoms with E-state index in [1.54, 1.807) is 11.3 Å². The van der Waals surface area contributed by atoms with Gasteiger partial charge in [-0.15, -0.1) is 11.3 Å². The van der Waals surface area contributed by atoms with Gasteiger partial charge < -0.3 is 11.1 Å². The van der Waals surface area contributed by atoms with Crippen LogP contribution in [-0.2, 0) is 12.8 Å². The smallest absolute Gasteiger partial charge is 0.265 e. The van der Waals surface area contributed by atoms with Gasteiger partial charge in [0, 0.05) is 16.3 Å². The summed E-state index contributed by atoms with van der Waals surface area (Å²) in [5.41, 5.74) is 10.8. The van der Waals surface area contributed by atoms with E-state index >= 15 is 0 Å². The van der Waals surface area contributed by atoms with Gasteiger partial charge in [0.1, 0.15) is 0 Å². The molecule has 3 rings (SSSR count). The molecule has 3 nitrogen and oxygen atoms in total. The van der Waals surface area contributed by atoms with Gasteiger partial charge >= 0.3 is 0 Å². The summed E-state index contributed by atoms with van der Waals surface area (Å²) in [4.78, 5) is 14.5. The summed E-state index contributed by atoms with van der Waals surface area (Å²) in [6.45, 7) is 3.91. The van der Waals surface area contributed by atoms with Gasteiger partial charge in [-0.1, -0.05) is 0 Å². The molecule has 0 unspecified atom stereocenters. The van der Waals surface area contributed by atoms with E-state index in [0.29, 0.717) is 0 Å². The van der Waals surface area contributed by atoms with E-state index in [9.17, 15) is 4.79 Å². The number of nitrogen functional groups attached to an aromatic ring is 1. The summed E-state index contributed by atoms with van der Waals surface area (Å²) in [6.07, 6.45) is 3.45. The molecular weight excluding hydrogens is 268 g/mol. The van der Waals surface area contributed by atoms with Crippen LogP contribution in [0.1, 0.15) is 37.7 Å². The first-order valence-electron chi connectivity index (χ1n) is 6.84. The molecule has 0 saturated heterocycles. The van der Waals surface area contributed by atoms with Crippen molar-refractivity contribution < 1.29 is 4.79 Å². The summed E-state index contributed by atoms with van der Waals surface area (Å²) < 4.78 is 0. The molecule has 0 aliphatic heterocycles. The molecule has 3 N–H and O–H groups in total. The van der Waals surface area contributed by atoms with Gasteiger partial charge in [0.15, 0.2) is 0 Å². The van der Waals surface area contributed by atoms with Gasteiger partial charge in [-0.2, -0.15) is 0 Å². The van der Waals surface area contributed by atoms with E-state index in [4.69, 9.17) is 5.73 Å². The zero-order valence-electron chi connectivity index (χ0n) is 11.7. The number of hydrogen-bond acceptors (Lipinski definition) is 3. The van der Waals surface area contributed by atoms with Crippen molar-refractivity contribution in [2.45, 2.75) is 33.1 Å². The number of amides is 1. The molecule has 4 heteroatoms. The maximum Gasteiger partial charge on any atom is 0.265 e. The lowest BCUT2D eigenvalue weighted by Crippen LogP contribution is -2.11. The molecule has 20 heavy (non-hydrogen) atoms. The topological polar surface area (TPSA) is 55.1 Å². The molecule has 1 amide bonds. The van der Waals surface area contributed by atoms with E-state index in [1.165, 1.54) is 16.9 Å². The van der Waals surface area contributed by atoms with E-state index in [-0.39, 0.29) is 5.91 Å². The molecule has 2 aromatic rings. The minimum Gasteiger partial charge on any atom is -0.399 e. The third kappa shape index (κ3) is 2.31. The summed E-state index contributed by atoms with van der Waals surface area (Å²) in [5, 5.41) is 3.00. The van der Waals surface area contributed by atoms with Crippen LogP contribution < -0.4 is 11.1 Å². The first-order chi connectivity index (χ1) is 9.54. The van der Waals surface area contributed by atoms with Crippen LogP contribution in [0.3, 0.4) is 0 Å². The van der Waals surface area contributed by atoms with Crippen LogP contribution in [0, 0.1) is 13.8 Å². The van der Waals surface area contributed by atoms with Gasteiger partial charge in [-0.3, -0.25) is 4.79 Å². The number of carbonyl (C=O) groups is 1. The standard InChI is InChI=1S/C16H18N2OS/c1-9-7-13(10(2)6-12(9)17)18-16(19)15-8-11-4-3-5-14(11)20-15/h6-8H,3-5,17H2,1-2H3,(H,18,19). The Morgan fingerprint density at radius 3 is 2.75 bits per heavy atom. The number of aryl methyl sites for hydroxylation is 4. The Kier molecular flexibility index (Phi) is 3.26. The number of anilines is 2. The van der Waals surface area contributed by atoms with Crippen molar-refractivity contribution in [2.24, 2.45) is 0 Å². The molecule has 1 aliphatic carbocycles. The highest BCUT2D eigenvalue weighted by Crippen LogP contribution is 2.31. The van der Waals surface area contributed by atoms with Crippen LogP contribution in [0.2, 0.25) is 0 Å². The Labute approximate surface area is 122 Å². The van der Waals surface area contributed by atoms with Crippen LogP contribution in [0.5, 0.6) is 0 Å². The van der Waals surface area contributed by atoms with Gasteiger partial charge in [-0.25, -0.2) is 0 Å². The van der Waals surface area contributed by atoms with E-state index in [0.717, 1.165) is 40.2 Å². The maximum absolute atomic E-state index is 12.3. The van der Waals surface area contributed by atoms with Crippen molar-refractivity contribution in [3.63, 3.8) is 0 Å². The van der Waals surface area contributed by atoms with Crippen molar-refractivity contribution in [1.29, 1.82) is 0 Å². The molecule has 0 saturated carbocycles. The fraction of sp³-hybridized carbons (Fsp3) is 0.312. The highest BCUT2D eigenvalue weighted by atomic mass is 32.1. The molecule has 1 aromatic heterocycles. The average molecular weight is 286 g/mol. The number of rotatable bonds is 2. The Morgan fingerprint density at radius 1 is 1.20 bits per heavy atom. The average Bonchev–Trinajstić information content (AvgIpc) is 2.96. The minimum absolute atomic E-state index is 0.0170. The molecule has 1 heterocycles. The summed E-state index contributed by atoms with van der Waals surface area (Å²) in [6, 6.07) is 5.88. The number of benzene rings is 1. The Morgan fingerprint density at radius 2 is 2.00 bits per heavy atom. The first kappa shape index (κ1) is 13.2. The van der Waals surface area contributed by atoms with Crippen LogP contribution in [-0.4, -0.2) is 5.91 Å². The predicted molar refractivity (Wildman–Crippen MR) is 84.6 cm³/mol. The molecule has 0 fully saturated rings. The van der Waals surface area contributed by atoms with Gasteiger partial charge in [0.25, 0.3) is 5.91 Å². The Balaban J connectivity index is 1.83. The number of fused-ring (bicyclic) bond motifs is 1. The summed E-state index contributed by atoms with van der Waals surface area (Å²) >= 11 is 1.63. The van der Waals surface area contributed by atoms with Crippen LogP contribution in [0.15, 0.2) is 18.2 Å². The van der Waals surface area contributed by atoms with Crippen molar-refractivity contribution >= 4 is 28.6 Å². The van der Waals surface area contributed by atoms with Gasteiger partial charge in [0.2, 0.25) is 0 Å². The molecular formula is C16H18N2OS. The van der Waals surface area contributed by atoms with Crippen LogP contribution in [0.4, 0.5) is 11.4 Å². The van der Waals surface area contributed by atoms with E-state index in [2.05, 4.69) is 5.32 Å². The fourth-order valence-corrected chi connectivity index (χ4v) is 3.75. The van der Waals surface area contributed by atoms with E-state index < -0.39 is 0 Å². The molecule has 0 bridgehead atoms. The van der Waals surface area contributed by atoms with Crippen molar-refractivity contribution in [3.05, 3.63) is 44.6 Å². The second kappa shape index (κ2) is 4.94. The number of hydrogen-bond donors (Lipinski definition) is 2. The third-order valence-corrected chi connectivity index (χ3v) is 5.07. The van der Waals surface area contributed by atoms with Gasteiger partial charge in [-0.05, 0) is 68.0 Å². The highest BCUT2D eigenvalue weighted by Gasteiger charge is 2.18. The van der Waals surface area contributed by atoms with Crippen molar-refractivity contribution in [1.82, 2.24) is 0 Å². The molecule has 0 atom stereocenters. The van der Waals surface area contributed by atoms with E-state index in [1.807, 2.05) is 32.0 Å². The second-order valence-electron chi connectivity index (χ2n) is 5.39. The molecule has 104 valence electrons. The highest BCUT2D eigenvalue weighted by molar-refractivity contribution is 7.14. The zero-order valence-corrected chi connectivity index (χ0v) is 12.6. The van der Waals surface area contributed by atoms with Gasteiger partial charge in [0.05, 0.1) is 4.88 Å². The normalized spacial score (nSPS) is 13.3. The number of nitrogens with two attached hydrogens (primary N) is 1. The monoisotopic (exact) mass is 286 g/mol. The quantitative estimate of drug-likeness (QED) is 0.827. The number of carbonyl (C=O) groups excluding carboxylic acids is 1. The maximum atomic E-state index is 12.3. The first-order valence-corrected chi connectivity index (χ1v) is 7.66. The zero-order chi connectivity index (χ0) is 14.3. The molecule has 1 aromatic carbocycles. The van der Waals surface area contributed by atoms with Crippen molar-refractivity contribution in [2.75, 3.05) is 11.1 Å². The number of nitrogens with one attached hydrogen (secondary N) is 1. The molecule has 0 radical (unpaired) electrons. The summed E-state index contributed by atoms with van der Waals surface area (Å²) in [7, 11) is 0. The Hall–Kier alpha value is -1.81. The Bertz CT molecular complexity index is 667. The fourth-order valence-electron chi connectivity index (χ4n) is 2.60. The minimum atomic E-state index is -0.0170. The lowest BCUT2D eigenvalue weighted by Gasteiger charge is -2.10. The third-order valence-electron chi connectivity index (χ3n) is 3.83. The SMILES string of the molecule is Cc1cc(NC(=O)c2cc3c(s2)CCC3)c(C)cc1N. The molecule has 0 spiro atoms. The van der Waals surface area contributed by atoms with Crippen molar-refractivity contribution in [3.8, 4) is 0 Å². The number of thiophene rings is 1. The predicted octanol–water partition coefficient (Wildman–Crippen LogP) is 3.69. The van der Waals surface area contributed by atoms with Crippen LogP contribution in [0.25, 0.3) is 0 Å². The van der Waals surface area contributed by atoms with Crippen LogP contribution >= 0.6 is 11.3 Å². The largest absolute Gasteiger partial charge is 0.399 e. The lowest BCUT2D eigenvalue weighted by molar-refractivity contribution is 0.103. The second-order valence-corrected chi connectivity index (χ2v) is 6.53. The molecule has 1 aliphatic rings. The summed E-state index contributed by atoms with van der Waals surface area (Å²) in [5.74, 6) is -0.0170.